The van der Waals surface area contributed by atoms with Crippen molar-refractivity contribution in [3.63, 3.8) is 0 Å². The topological polar surface area (TPSA) is 137 Å². The molecule has 0 bridgehead atoms. The van der Waals surface area contributed by atoms with Crippen LogP contribution in [-0.4, -0.2) is 51.9 Å². The molecule has 2 aromatic carbocycles. The van der Waals surface area contributed by atoms with Crippen LogP contribution >= 0.6 is 11.6 Å². The number of hydrogen-bond acceptors (Lipinski definition) is 8. The van der Waals surface area contributed by atoms with Gasteiger partial charge in [0.15, 0.2) is 5.78 Å². The first-order chi connectivity index (χ1) is 19.2. The first-order valence-electron chi connectivity index (χ1n) is 13.0. The molecule has 1 atom stereocenters. The minimum Gasteiger partial charge on any atom is -0.480 e. The first kappa shape index (κ1) is 31.5. The Morgan fingerprint density at radius 1 is 1.05 bits per heavy atom. The van der Waals surface area contributed by atoms with E-state index in [1.54, 1.807) is 45.0 Å². The number of Topliss-reactive ketones (excluding diaryl/α,β-unsaturated/α-hetero) is 1. The van der Waals surface area contributed by atoms with Gasteiger partial charge in [-0.3, -0.25) is 14.4 Å². The SMILES string of the molecule is COc1nn(C(CC(C)C)C(=O)Nc2ccc(C(=O)OC(C)(C)C)cc2)c(=O)cc1-c1cc(Cl)ccc1C(=O)CO. The highest BCUT2D eigenvalue weighted by Crippen LogP contribution is 2.33. The maximum atomic E-state index is 13.5. The molecule has 0 radical (unpaired) electrons. The molecule has 0 fully saturated rings. The fourth-order valence-electron chi connectivity index (χ4n) is 4.10. The van der Waals surface area contributed by atoms with Gasteiger partial charge < -0.3 is 19.9 Å². The van der Waals surface area contributed by atoms with E-state index in [-0.39, 0.29) is 34.9 Å². The van der Waals surface area contributed by atoms with E-state index in [1.165, 1.54) is 31.4 Å². The first-order valence-corrected chi connectivity index (χ1v) is 13.4. The zero-order valence-corrected chi connectivity index (χ0v) is 24.6. The average Bonchev–Trinajstić information content (AvgIpc) is 2.90. The highest BCUT2D eigenvalue weighted by molar-refractivity contribution is 6.31. The van der Waals surface area contributed by atoms with Crippen LogP contribution in [0.5, 0.6) is 5.88 Å². The van der Waals surface area contributed by atoms with E-state index in [9.17, 15) is 24.3 Å². The number of ketones is 1. The van der Waals surface area contributed by atoms with Crippen LogP contribution in [0.3, 0.4) is 0 Å². The van der Waals surface area contributed by atoms with Gasteiger partial charge >= 0.3 is 5.97 Å². The van der Waals surface area contributed by atoms with E-state index in [1.807, 2.05) is 13.8 Å². The Morgan fingerprint density at radius 2 is 1.71 bits per heavy atom. The normalized spacial score (nSPS) is 12.1. The number of carbonyl (C=O) groups is 3. The number of methoxy groups -OCH3 is 1. The van der Waals surface area contributed by atoms with Crippen molar-refractivity contribution in [1.29, 1.82) is 0 Å². The van der Waals surface area contributed by atoms with Crippen molar-refractivity contribution in [1.82, 2.24) is 9.78 Å². The Labute approximate surface area is 243 Å². The van der Waals surface area contributed by atoms with Crippen LogP contribution in [0.1, 0.15) is 67.8 Å². The lowest BCUT2D eigenvalue weighted by atomic mass is 9.98. The van der Waals surface area contributed by atoms with Gasteiger partial charge in [0, 0.05) is 22.3 Å². The predicted octanol–water partition coefficient (Wildman–Crippen LogP) is 4.93. The summed E-state index contributed by atoms with van der Waals surface area (Å²) in [4.78, 5) is 51.5. The summed E-state index contributed by atoms with van der Waals surface area (Å²) in [6, 6.07) is 10.9. The number of carbonyl (C=O) groups excluding carboxylic acids is 3. The minimum absolute atomic E-state index is 0.0119. The zero-order valence-electron chi connectivity index (χ0n) is 23.9. The summed E-state index contributed by atoms with van der Waals surface area (Å²) in [5.41, 5.74) is 0.0844. The Kier molecular flexibility index (Phi) is 10.1. The third kappa shape index (κ3) is 8.02. The van der Waals surface area contributed by atoms with Crippen LogP contribution in [0.2, 0.25) is 5.02 Å². The smallest absolute Gasteiger partial charge is 0.338 e. The predicted molar refractivity (Wildman–Crippen MR) is 156 cm³/mol. The molecule has 0 spiro atoms. The van der Waals surface area contributed by atoms with Crippen LogP contribution in [-0.2, 0) is 9.53 Å². The molecule has 1 heterocycles. The Balaban J connectivity index is 1.98. The summed E-state index contributed by atoms with van der Waals surface area (Å²) >= 11 is 6.17. The summed E-state index contributed by atoms with van der Waals surface area (Å²) in [7, 11) is 1.35. The van der Waals surface area contributed by atoms with Crippen molar-refractivity contribution in [2.24, 2.45) is 5.92 Å². The maximum absolute atomic E-state index is 13.5. The van der Waals surface area contributed by atoms with Gasteiger partial charge in [0.25, 0.3) is 5.56 Å². The number of amides is 1. The number of aromatic nitrogens is 2. The molecule has 41 heavy (non-hydrogen) atoms. The fraction of sp³-hybridized carbons (Fsp3) is 0.367. The Morgan fingerprint density at radius 3 is 2.27 bits per heavy atom. The number of nitrogens with zero attached hydrogens (tertiary/aromatic N) is 2. The number of rotatable bonds is 10. The Bertz CT molecular complexity index is 1490. The van der Waals surface area contributed by atoms with Gasteiger partial charge in [0.1, 0.15) is 18.2 Å². The number of aliphatic hydroxyl groups is 1. The molecular weight excluding hydrogens is 550 g/mol. The second-order valence-electron chi connectivity index (χ2n) is 10.8. The van der Waals surface area contributed by atoms with Crippen molar-refractivity contribution in [3.05, 3.63) is 75.0 Å². The van der Waals surface area contributed by atoms with E-state index in [2.05, 4.69) is 10.4 Å². The quantitative estimate of drug-likeness (QED) is 0.253. The number of esters is 1. The van der Waals surface area contributed by atoms with E-state index in [0.717, 1.165) is 4.68 Å². The third-order valence-corrected chi connectivity index (χ3v) is 6.15. The number of benzene rings is 2. The summed E-state index contributed by atoms with van der Waals surface area (Å²) in [6.07, 6.45) is 0.280. The van der Waals surface area contributed by atoms with Crippen molar-refractivity contribution in [3.8, 4) is 17.0 Å². The molecule has 11 heteroatoms. The summed E-state index contributed by atoms with van der Waals surface area (Å²) in [5, 5.41) is 16.9. The molecule has 1 unspecified atom stereocenters. The zero-order chi connectivity index (χ0) is 30.5. The molecule has 10 nitrogen and oxygen atoms in total. The largest absolute Gasteiger partial charge is 0.480 e. The number of nitrogens with one attached hydrogen (secondary N) is 1. The van der Waals surface area contributed by atoms with Crippen molar-refractivity contribution >= 4 is 34.9 Å². The van der Waals surface area contributed by atoms with E-state index >= 15 is 0 Å². The molecule has 218 valence electrons. The van der Waals surface area contributed by atoms with Gasteiger partial charge in [-0.15, -0.1) is 5.10 Å². The molecule has 0 saturated heterocycles. The second-order valence-corrected chi connectivity index (χ2v) is 11.3. The van der Waals surface area contributed by atoms with Crippen LogP contribution in [0.4, 0.5) is 5.69 Å². The van der Waals surface area contributed by atoms with E-state index in [4.69, 9.17) is 21.1 Å². The summed E-state index contributed by atoms with van der Waals surface area (Å²) < 4.78 is 11.9. The lowest BCUT2D eigenvalue weighted by Gasteiger charge is -2.22. The minimum atomic E-state index is -1.01. The van der Waals surface area contributed by atoms with Crippen molar-refractivity contribution < 1.29 is 29.0 Å². The average molecular weight is 584 g/mol. The third-order valence-electron chi connectivity index (χ3n) is 5.91. The lowest BCUT2D eigenvalue weighted by Crippen LogP contribution is -2.36. The molecule has 0 saturated carbocycles. The van der Waals surface area contributed by atoms with Crippen LogP contribution < -0.4 is 15.6 Å². The molecule has 2 N–H and O–H groups in total. The van der Waals surface area contributed by atoms with Crippen molar-refractivity contribution in [2.75, 3.05) is 19.0 Å². The van der Waals surface area contributed by atoms with Gasteiger partial charge in [-0.1, -0.05) is 25.4 Å². The molecular formula is C30H34ClN3O7. The number of aliphatic hydroxyl groups excluding tert-OH is 1. The second kappa shape index (κ2) is 13.1. The number of anilines is 1. The van der Waals surface area contributed by atoms with Gasteiger partial charge in [-0.25, -0.2) is 9.48 Å². The van der Waals surface area contributed by atoms with Gasteiger partial charge in [-0.2, -0.15) is 0 Å². The van der Waals surface area contributed by atoms with Gasteiger partial charge in [0.2, 0.25) is 11.8 Å². The molecule has 0 aliphatic rings. The summed E-state index contributed by atoms with van der Waals surface area (Å²) in [6.45, 7) is 8.39. The summed E-state index contributed by atoms with van der Waals surface area (Å²) in [5.74, 6) is -1.55. The number of ether oxygens (including phenoxy) is 2. The fourth-order valence-corrected chi connectivity index (χ4v) is 4.28. The highest BCUT2D eigenvalue weighted by Gasteiger charge is 2.27. The molecule has 1 aromatic heterocycles. The molecule has 0 aliphatic heterocycles. The number of hydrogen-bond donors (Lipinski definition) is 2. The molecule has 3 aromatic rings. The van der Waals surface area contributed by atoms with E-state index in [0.29, 0.717) is 16.3 Å². The molecule has 0 aliphatic carbocycles. The van der Waals surface area contributed by atoms with E-state index < -0.39 is 41.5 Å². The molecule has 1 amide bonds. The van der Waals surface area contributed by atoms with Crippen LogP contribution in [0.25, 0.3) is 11.1 Å². The monoisotopic (exact) mass is 583 g/mol. The van der Waals surface area contributed by atoms with Crippen molar-refractivity contribution in [2.45, 2.75) is 52.7 Å². The van der Waals surface area contributed by atoms with Gasteiger partial charge in [0.05, 0.1) is 18.2 Å². The van der Waals surface area contributed by atoms with Gasteiger partial charge in [-0.05, 0) is 81.1 Å². The van der Waals surface area contributed by atoms with Crippen LogP contribution in [0.15, 0.2) is 53.3 Å². The Hall–Kier alpha value is -4.02. The standard InChI is InChI=1S/C30H34ClN3O7/c1-17(2)13-24(27(38)32-20-10-7-18(8-11-20)29(39)41-30(3,4)5)34-26(37)15-23(28(33-34)40-6)22-14-19(31)9-12-21(22)25(36)16-35/h7-12,14-15,17,24,35H,13,16H2,1-6H3,(H,32,38). The lowest BCUT2D eigenvalue weighted by molar-refractivity contribution is -0.120. The maximum Gasteiger partial charge on any atom is 0.338 e. The molecule has 3 rings (SSSR count). The number of halogens is 1. The highest BCUT2D eigenvalue weighted by atomic mass is 35.5. The van der Waals surface area contributed by atoms with Crippen LogP contribution in [0, 0.1) is 5.92 Å².